The van der Waals surface area contributed by atoms with Gasteiger partial charge in [-0.1, -0.05) is 0 Å². The molecule has 0 aliphatic carbocycles. The van der Waals surface area contributed by atoms with Gasteiger partial charge in [-0.2, -0.15) is 0 Å². The lowest BCUT2D eigenvalue weighted by atomic mass is 10.5. The first kappa shape index (κ1) is 6.12. The number of rotatable bonds is 3. The van der Waals surface area contributed by atoms with Crippen molar-refractivity contribution < 1.29 is 0 Å². The van der Waals surface area contributed by atoms with Gasteiger partial charge in [0, 0.05) is 12.4 Å². The molecule has 0 saturated carbocycles. The second-order valence-electron chi connectivity index (χ2n) is 1.66. The molecule has 1 rings (SSSR count). The Kier molecular flexibility index (Phi) is 2.12. The largest absolute Gasteiger partial charge is 0.370 e. The zero-order valence-electron chi connectivity index (χ0n) is 5.02. The summed E-state index contributed by atoms with van der Waals surface area (Å²) in [6.45, 7) is 0.581. The lowest BCUT2D eigenvalue weighted by molar-refractivity contribution is 0.790. The Morgan fingerprint density at radius 1 is 1.67 bits per heavy atom. The maximum absolute atomic E-state index is 5.02. The fourth-order valence-electron chi connectivity index (χ4n) is 0.587. The quantitative estimate of drug-likeness (QED) is 0.258. The molecule has 0 aliphatic heterocycles. The summed E-state index contributed by atoms with van der Waals surface area (Å²) >= 11 is 0. The molecule has 0 atom stereocenters. The summed E-state index contributed by atoms with van der Waals surface area (Å²) in [5.74, 6) is 5.02. The van der Waals surface area contributed by atoms with Crippen molar-refractivity contribution in [3.8, 4) is 0 Å². The third kappa shape index (κ3) is 1.75. The molecule has 0 saturated heterocycles. The first-order valence-corrected chi connectivity index (χ1v) is 2.73. The Balaban J connectivity index is 2.30. The summed E-state index contributed by atoms with van der Waals surface area (Å²) < 4.78 is 0. The summed E-state index contributed by atoms with van der Waals surface area (Å²) in [4.78, 5) is 2.91. The van der Waals surface area contributed by atoms with E-state index in [0.717, 1.165) is 5.69 Å². The third-order valence-electron chi connectivity index (χ3n) is 0.993. The van der Waals surface area contributed by atoms with Gasteiger partial charge in [0.2, 0.25) is 0 Å². The number of anilines is 1. The van der Waals surface area contributed by atoms with E-state index in [0.29, 0.717) is 6.67 Å². The summed E-state index contributed by atoms with van der Waals surface area (Å²) in [6, 6.07) is 1.93. The van der Waals surface area contributed by atoms with Crippen LogP contribution >= 0.6 is 0 Å². The zero-order valence-corrected chi connectivity index (χ0v) is 5.02. The second kappa shape index (κ2) is 3.11. The average Bonchev–Trinajstić information content (AvgIpc) is 2.34. The Labute approximate surface area is 53.4 Å². The van der Waals surface area contributed by atoms with Crippen molar-refractivity contribution in [2.45, 2.75) is 0 Å². The van der Waals surface area contributed by atoms with E-state index in [2.05, 4.69) is 15.7 Å². The van der Waals surface area contributed by atoms with Crippen molar-refractivity contribution in [1.29, 1.82) is 0 Å². The van der Waals surface area contributed by atoms with Gasteiger partial charge in [-0.05, 0) is 6.07 Å². The first-order valence-electron chi connectivity index (χ1n) is 2.73. The van der Waals surface area contributed by atoms with Crippen LogP contribution in [0.1, 0.15) is 0 Å². The molecule has 1 heterocycles. The fourth-order valence-corrected chi connectivity index (χ4v) is 0.587. The van der Waals surface area contributed by atoms with E-state index in [-0.39, 0.29) is 0 Å². The first-order chi connectivity index (χ1) is 4.43. The highest BCUT2D eigenvalue weighted by Gasteiger charge is 1.85. The average molecular weight is 126 g/mol. The summed E-state index contributed by atoms with van der Waals surface area (Å²) in [5.41, 5.74) is 3.52. The van der Waals surface area contributed by atoms with E-state index in [1.54, 1.807) is 0 Å². The van der Waals surface area contributed by atoms with E-state index in [9.17, 15) is 0 Å². The molecule has 0 bridgehead atoms. The van der Waals surface area contributed by atoms with Crippen molar-refractivity contribution in [3.63, 3.8) is 0 Å². The fraction of sp³-hybridized carbons (Fsp3) is 0.200. The monoisotopic (exact) mass is 126 g/mol. The molecule has 0 spiro atoms. The highest BCUT2D eigenvalue weighted by atomic mass is 15.3. The second-order valence-corrected chi connectivity index (χ2v) is 1.66. The molecule has 0 unspecified atom stereocenters. The van der Waals surface area contributed by atoms with Gasteiger partial charge < -0.3 is 10.3 Å². The molecule has 0 aliphatic rings. The maximum atomic E-state index is 5.02. The van der Waals surface area contributed by atoms with Crippen LogP contribution < -0.4 is 16.6 Å². The van der Waals surface area contributed by atoms with Crippen LogP contribution in [0.3, 0.4) is 0 Å². The molecule has 5 N–H and O–H groups in total. The van der Waals surface area contributed by atoms with Crippen LogP contribution in [0.2, 0.25) is 0 Å². The van der Waals surface area contributed by atoms with E-state index in [4.69, 9.17) is 5.84 Å². The number of aromatic nitrogens is 1. The number of aromatic amines is 1. The van der Waals surface area contributed by atoms with Gasteiger partial charge in [0.05, 0.1) is 12.4 Å². The van der Waals surface area contributed by atoms with E-state index in [1.807, 2.05) is 18.5 Å². The number of hydrogen-bond acceptors (Lipinski definition) is 3. The molecule has 0 radical (unpaired) electrons. The van der Waals surface area contributed by atoms with Crippen molar-refractivity contribution in [2.75, 3.05) is 12.0 Å². The molecule has 0 amide bonds. The molecule has 1 aromatic heterocycles. The molecule has 4 heteroatoms. The predicted molar refractivity (Wildman–Crippen MR) is 36.6 cm³/mol. The van der Waals surface area contributed by atoms with Crippen molar-refractivity contribution >= 4 is 5.69 Å². The van der Waals surface area contributed by atoms with E-state index in [1.165, 1.54) is 0 Å². The van der Waals surface area contributed by atoms with Crippen LogP contribution in [0.25, 0.3) is 0 Å². The molecule has 0 fully saturated rings. The number of H-pyrrole nitrogens is 1. The predicted octanol–water partition coefficient (Wildman–Crippen LogP) is -0.153. The van der Waals surface area contributed by atoms with Crippen LogP contribution in [0.15, 0.2) is 18.5 Å². The lowest BCUT2D eigenvalue weighted by Gasteiger charge is -1.99. The van der Waals surface area contributed by atoms with Gasteiger partial charge in [-0.25, -0.2) is 5.43 Å². The van der Waals surface area contributed by atoms with E-state index >= 15 is 0 Å². The zero-order chi connectivity index (χ0) is 6.53. The minimum Gasteiger partial charge on any atom is -0.370 e. The number of nitrogens with two attached hydrogens (primary N) is 1. The highest BCUT2D eigenvalue weighted by molar-refractivity contribution is 5.39. The molecule has 1 aromatic rings. The molecule has 0 aromatic carbocycles. The Morgan fingerprint density at radius 3 is 3.11 bits per heavy atom. The summed E-state index contributed by atoms with van der Waals surface area (Å²) in [6.07, 6.45) is 3.70. The molecule has 9 heavy (non-hydrogen) atoms. The van der Waals surface area contributed by atoms with Crippen LogP contribution in [-0.2, 0) is 0 Å². The van der Waals surface area contributed by atoms with Crippen molar-refractivity contribution in [3.05, 3.63) is 18.5 Å². The third-order valence-corrected chi connectivity index (χ3v) is 0.993. The van der Waals surface area contributed by atoms with Gasteiger partial charge in [-0.15, -0.1) is 0 Å². The molecular formula is C5H10N4. The van der Waals surface area contributed by atoms with Gasteiger partial charge >= 0.3 is 0 Å². The van der Waals surface area contributed by atoms with Crippen LogP contribution in [0, 0.1) is 0 Å². The highest BCUT2D eigenvalue weighted by Crippen LogP contribution is 2.00. The smallest absolute Gasteiger partial charge is 0.0781 e. The number of nitrogens with one attached hydrogen (secondary N) is 3. The summed E-state index contributed by atoms with van der Waals surface area (Å²) in [7, 11) is 0. The molecule has 50 valence electrons. The Morgan fingerprint density at radius 2 is 2.56 bits per heavy atom. The number of hydrogen-bond donors (Lipinski definition) is 4. The van der Waals surface area contributed by atoms with Gasteiger partial charge in [-0.3, -0.25) is 5.84 Å². The van der Waals surface area contributed by atoms with Gasteiger partial charge in [0.25, 0.3) is 0 Å². The Bertz CT molecular complexity index is 146. The van der Waals surface area contributed by atoms with Crippen LogP contribution in [-0.4, -0.2) is 11.7 Å². The lowest BCUT2D eigenvalue weighted by Crippen LogP contribution is -2.28. The Hall–Kier alpha value is -1.00. The topological polar surface area (TPSA) is 65.9 Å². The molecular weight excluding hydrogens is 116 g/mol. The van der Waals surface area contributed by atoms with Crippen LogP contribution in [0.5, 0.6) is 0 Å². The minimum absolute atomic E-state index is 0.581. The van der Waals surface area contributed by atoms with Crippen LogP contribution in [0.4, 0.5) is 5.69 Å². The van der Waals surface area contributed by atoms with Gasteiger partial charge in [0.1, 0.15) is 0 Å². The number of hydrazine groups is 1. The summed E-state index contributed by atoms with van der Waals surface area (Å²) in [5, 5.41) is 3.01. The SMILES string of the molecule is NNCNc1cc[nH]c1. The molecule has 4 nitrogen and oxygen atoms in total. The van der Waals surface area contributed by atoms with Crippen molar-refractivity contribution in [1.82, 2.24) is 10.4 Å². The maximum Gasteiger partial charge on any atom is 0.0781 e. The minimum atomic E-state index is 0.581. The standard InChI is InChI=1S/C5H10N4/c6-9-4-8-5-1-2-7-3-5/h1-3,7-9H,4,6H2. The van der Waals surface area contributed by atoms with Gasteiger partial charge in [0.15, 0.2) is 0 Å². The normalized spacial score (nSPS) is 9.44. The van der Waals surface area contributed by atoms with Crippen molar-refractivity contribution in [2.24, 2.45) is 5.84 Å². The van der Waals surface area contributed by atoms with E-state index < -0.39 is 0 Å².